The normalized spacial score (nSPS) is 18.3. The molecule has 1 N–H and O–H groups in total. The SMILES string of the molecule is CC(C)(O)c1ccc(C2(C#N)CC2)cc1. The van der Waals surface area contributed by atoms with Crippen LogP contribution in [0.15, 0.2) is 24.3 Å². The minimum atomic E-state index is -0.804. The Morgan fingerprint density at radius 2 is 1.80 bits per heavy atom. The first-order valence-corrected chi connectivity index (χ1v) is 5.23. The lowest BCUT2D eigenvalue weighted by atomic mass is 9.92. The van der Waals surface area contributed by atoms with Crippen molar-refractivity contribution >= 4 is 0 Å². The molecule has 2 rings (SSSR count). The Kier molecular flexibility index (Phi) is 2.09. The smallest absolute Gasteiger partial charge is 0.0840 e. The first-order valence-electron chi connectivity index (χ1n) is 5.23. The third-order valence-electron chi connectivity index (χ3n) is 3.11. The van der Waals surface area contributed by atoms with E-state index in [1.54, 1.807) is 13.8 Å². The lowest BCUT2D eigenvalue weighted by molar-refractivity contribution is 0.0786. The minimum absolute atomic E-state index is 0.224. The van der Waals surface area contributed by atoms with Crippen molar-refractivity contribution in [2.24, 2.45) is 0 Å². The summed E-state index contributed by atoms with van der Waals surface area (Å²) >= 11 is 0. The highest BCUT2D eigenvalue weighted by molar-refractivity contribution is 5.40. The van der Waals surface area contributed by atoms with Gasteiger partial charge in [-0.25, -0.2) is 0 Å². The fourth-order valence-electron chi connectivity index (χ4n) is 1.79. The highest BCUT2D eigenvalue weighted by atomic mass is 16.3. The topological polar surface area (TPSA) is 44.0 Å². The molecule has 0 saturated heterocycles. The number of benzene rings is 1. The molecule has 0 aliphatic heterocycles. The van der Waals surface area contributed by atoms with Crippen molar-refractivity contribution in [2.75, 3.05) is 0 Å². The van der Waals surface area contributed by atoms with E-state index in [1.165, 1.54) is 0 Å². The molecule has 1 aliphatic rings. The summed E-state index contributed by atoms with van der Waals surface area (Å²) in [5, 5.41) is 18.8. The van der Waals surface area contributed by atoms with Crippen molar-refractivity contribution < 1.29 is 5.11 Å². The highest BCUT2D eigenvalue weighted by Crippen LogP contribution is 2.47. The van der Waals surface area contributed by atoms with Gasteiger partial charge in [0.05, 0.1) is 17.1 Å². The van der Waals surface area contributed by atoms with Crippen LogP contribution in [0.5, 0.6) is 0 Å². The van der Waals surface area contributed by atoms with E-state index in [2.05, 4.69) is 6.07 Å². The highest BCUT2D eigenvalue weighted by Gasteiger charge is 2.44. The molecule has 2 heteroatoms. The maximum atomic E-state index is 9.79. The predicted octanol–water partition coefficient (Wildman–Crippen LogP) is 2.47. The first kappa shape index (κ1) is 10.2. The van der Waals surface area contributed by atoms with Crippen LogP contribution in [0.25, 0.3) is 0 Å². The van der Waals surface area contributed by atoms with Crippen LogP contribution >= 0.6 is 0 Å². The van der Waals surface area contributed by atoms with Crippen LogP contribution in [0, 0.1) is 11.3 Å². The van der Waals surface area contributed by atoms with E-state index >= 15 is 0 Å². The largest absolute Gasteiger partial charge is 0.386 e. The molecule has 0 spiro atoms. The molecule has 0 atom stereocenters. The van der Waals surface area contributed by atoms with Gasteiger partial charge in [0.1, 0.15) is 0 Å². The molecule has 1 aromatic rings. The molecular formula is C13H15NO. The van der Waals surface area contributed by atoms with E-state index in [4.69, 9.17) is 5.26 Å². The Balaban J connectivity index is 2.30. The molecular weight excluding hydrogens is 186 g/mol. The molecule has 0 aromatic heterocycles. The Morgan fingerprint density at radius 1 is 1.27 bits per heavy atom. The standard InChI is InChI=1S/C13H15NO/c1-12(2,15)10-3-5-11(6-4-10)13(9-14)7-8-13/h3-6,15H,7-8H2,1-2H3. The molecule has 1 fully saturated rings. The van der Waals surface area contributed by atoms with Gasteiger partial charge in [0.2, 0.25) is 0 Å². The second-order valence-corrected chi connectivity index (χ2v) is 4.83. The first-order chi connectivity index (χ1) is 6.98. The Bertz CT molecular complexity index is 402. The van der Waals surface area contributed by atoms with Gasteiger partial charge in [-0.15, -0.1) is 0 Å². The Labute approximate surface area is 90.2 Å². The van der Waals surface area contributed by atoms with Gasteiger partial charge >= 0.3 is 0 Å². The molecule has 1 aliphatic carbocycles. The molecule has 0 heterocycles. The van der Waals surface area contributed by atoms with E-state index < -0.39 is 5.60 Å². The van der Waals surface area contributed by atoms with Crippen LogP contribution in [-0.4, -0.2) is 5.11 Å². The summed E-state index contributed by atoms with van der Waals surface area (Å²) in [6.07, 6.45) is 1.93. The van der Waals surface area contributed by atoms with Gasteiger partial charge in [0.25, 0.3) is 0 Å². The van der Waals surface area contributed by atoms with Crippen molar-refractivity contribution in [3.8, 4) is 6.07 Å². The van der Waals surface area contributed by atoms with Crippen molar-refractivity contribution in [1.29, 1.82) is 5.26 Å². The molecule has 0 amide bonds. The lowest BCUT2D eigenvalue weighted by Crippen LogP contribution is -2.15. The average Bonchev–Trinajstić information content (AvgIpc) is 2.97. The van der Waals surface area contributed by atoms with Crippen LogP contribution in [0.4, 0.5) is 0 Å². The van der Waals surface area contributed by atoms with Crippen molar-refractivity contribution in [3.05, 3.63) is 35.4 Å². The van der Waals surface area contributed by atoms with E-state index in [0.717, 1.165) is 24.0 Å². The quantitative estimate of drug-likeness (QED) is 0.798. The molecule has 0 bridgehead atoms. The average molecular weight is 201 g/mol. The Morgan fingerprint density at radius 3 is 2.13 bits per heavy atom. The molecule has 1 saturated carbocycles. The van der Waals surface area contributed by atoms with Gasteiger partial charge in [0.15, 0.2) is 0 Å². The zero-order valence-corrected chi connectivity index (χ0v) is 9.12. The summed E-state index contributed by atoms with van der Waals surface area (Å²) in [5.74, 6) is 0. The van der Waals surface area contributed by atoms with Gasteiger partial charge < -0.3 is 5.11 Å². The second-order valence-electron chi connectivity index (χ2n) is 4.83. The zero-order valence-electron chi connectivity index (χ0n) is 9.12. The third kappa shape index (κ3) is 1.75. The summed E-state index contributed by atoms with van der Waals surface area (Å²) in [7, 11) is 0. The van der Waals surface area contributed by atoms with Crippen LogP contribution in [0.3, 0.4) is 0 Å². The predicted molar refractivity (Wildman–Crippen MR) is 58.2 cm³/mol. The number of aliphatic hydroxyl groups is 1. The minimum Gasteiger partial charge on any atom is -0.386 e. The second kappa shape index (κ2) is 3.08. The number of rotatable bonds is 2. The third-order valence-corrected chi connectivity index (χ3v) is 3.11. The summed E-state index contributed by atoms with van der Waals surface area (Å²) in [6, 6.07) is 10.1. The monoisotopic (exact) mass is 201 g/mol. The fraction of sp³-hybridized carbons (Fsp3) is 0.462. The number of nitrogens with zero attached hydrogens (tertiary/aromatic N) is 1. The summed E-state index contributed by atoms with van der Waals surface area (Å²) < 4.78 is 0. The summed E-state index contributed by atoms with van der Waals surface area (Å²) in [6.45, 7) is 3.53. The van der Waals surface area contributed by atoms with Crippen LogP contribution < -0.4 is 0 Å². The number of hydrogen-bond acceptors (Lipinski definition) is 2. The van der Waals surface area contributed by atoms with Crippen LogP contribution in [0.1, 0.15) is 37.8 Å². The van der Waals surface area contributed by atoms with Crippen LogP contribution in [-0.2, 0) is 11.0 Å². The molecule has 78 valence electrons. The maximum absolute atomic E-state index is 9.79. The fourth-order valence-corrected chi connectivity index (χ4v) is 1.79. The van der Waals surface area contributed by atoms with Gasteiger partial charge in [-0.2, -0.15) is 5.26 Å². The van der Waals surface area contributed by atoms with Crippen LogP contribution in [0.2, 0.25) is 0 Å². The molecule has 15 heavy (non-hydrogen) atoms. The zero-order chi connectivity index (χ0) is 11.1. The van der Waals surface area contributed by atoms with Gasteiger partial charge in [-0.05, 0) is 37.8 Å². The summed E-state index contributed by atoms with van der Waals surface area (Å²) in [4.78, 5) is 0. The van der Waals surface area contributed by atoms with E-state index in [9.17, 15) is 5.11 Å². The molecule has 1 aromatic carbocycles. The molecule has 2 nitrogen and oxygen atoms in total. The van der Waals surface area contributed by atoms with Crippen molar-refractivity contribution in [3.63, 3.8) is 0 Å². The van der Waals surface area contributed by atoms with Crippen molar-refractivity contribution in [2.45, 2.75) is 37.7 Å². The van der Waals surface area contributed by atoms with Gasteiger partial charge in [0, 0.05) is 0 Å². The van der Waals surface area contributed by atoms with E-state index in [-0.39, 0.29) is 5.41 Å². The van der Waals surface area contributed by atoms with Gasteiger partial charge in [-0.1, -0.05) is 24.3 Å². The maximum Gasteiger partial charge on any atom is 0.0840 e. The number of hydrogen-bond donors (Lipinski definition) is 1. The number of nitriles is 1. The molecule has 0 unspecified atom stereocenters. The lowest BCUT2D eigenvalue weighted by Gasteiger charge is -2.18. The Hall–Kier alpha value is -1.33. The van der Waals surface area contributed by atoms with E-state index in [0.29, 0.717) is 0 Å². The van der Waals surface area contributed by atoms with Gasteiger partial charge in [-0.3, -0.25) is 0 Å². The van der Waals surface area contributed by atoms with Crippen molar-refractivity contribution in [1.82, 2.24) is 0 Å². The van der Waals surface area contributed by atoms with E-state index in [1.807, 2.05) is 24.3 Å². The summed E-state index contributed by atoms with van der Waals surface area (Å²) in [5.41, 5.74) is 0.943. The molecule has 0 radical (unpaired) electrons.